The zero-order chi connectivity index (χ0) is 26.8. The molecule has 2 aromatic heterocycles. The normalized spacial score (nSPS) is 11.5. The van der Waals surface area contributed by atoms with Crippen molar-refractivity contribution in [1.29, 1.82) is 0 Å². The van der Waals surface area contributed by atoms with Crippen LogP contribution in [0.3, 0.4) is 0 Å². The molecule has 0 atom stereocenters. The van der Waals surface area contributed by atoms with Gasteiger partial charge in [0.05, 0.1) is 12.0 Å². The monoisotopic (exact) mass is 675 g/mol. The Morgan fingerprint density at radius 1 is 0.973 bits per heavy atom. The van der Waals surface area contributed by atoms with Gasteiger partial charge in [-0.05, 0) is 62.9 Å². The van der Waals surface area contributed by atoms with Crippen LogP contribution in [0.4, 0.5) is 0 Å². The summed E-state index contributed by atoms with van der Waals surface area (Å²) >= 11 is 0. The van der Waals surface area contributed by atoms with E-state index in [1.165, 1.54) is 47.7 Å². The molecule has 0 saturated heterocycles. The van der Waals surface area contributed by atoms with Crippen molar-refractivity contribution < 1.29 is 34.4 Å². The third-order valence-electron chi connectivity index (χ3n) is 5.89. The largest absolute Gasteiger partial charge is 0.512 e. The van der Waals surface area contributed by atoms with Gasteiger partial charge in [0.2, 0.25) is 0 Å². The van der Waals surface area contributed by atoms with Gasteiger partial charge in [-0.2, -0.15) is 0 Å². The Balaban J connectivity index is 0.000000532. The van der Waals surface area contributed by atoms with Gasteiger partial charge in [0.1, 0.15) is 5.76 Å². The number of allylic oxidation sites excluding steroid dienone is 2. The molecule has 0 unspecified atom stereocenters. The summed E-state index contributed by atoms with van der Waals surface area (Å²) in [5.41, 5.74) is 10.2. The molecule has 0 fully saturated rings. The van der Waals surface area contributed by atoms with Crippen LogP contribution in [0.25, 0.3) is 33.6 Å². The molecule has 2 aromatic carbocycles. The summed E-state index contributed by atoms with van der Waals surface area (Å²) in [5, 5.41) is 9.43. The number of aromatic nitrogens is 1. The third-order valence-corrected chi connectivity index (χ3v) is 5.89. The van der Waals surface area contributed by atoms with E-state index in [-0.39, 0.29) is 37.1 Å². The number of hydrogen-bond acceptors (Lipinski definition) is 4. The summed E-state index contributed by atoms with van der Waals surface area (Å²) < 4.78 is 6.18. The minimum atomic E-state index is -0.125. The number of ketones is 1. The SMILES string of the molecule is CC(=O)/C=C(/C)O.Cc1[c-]c(-c2cc3cc(-c4c(C)cc(C)cc4C)oc3cn2)cc(C(C)(C)C)c1.[Ir]. The van der Waals surface area contributed by atoms with Crippen molar-refractivity contribution in [2.75, 3.05) is 0 Å². The van der Waals surface area contributed by atoms with E-state index in [0.717, 1.165) is 33.6 Å². The van der Waals surface area contributed by atoms with E-state index < -0.39 is 0 Å². The van der Waals surface area contributed by atoms with Crippen molar-refractivity contribution >= 4 is 16.8 Å². The zero-order valence-electron chi connectivity index (χ0n) is 23.2. The molecule has 37 heavy (non-hydrogen) atoms. The number of aliphatic hydroxyl groups excluding tert-OH is 1. The van der Waals surface area contributed by atoms with Crippen LogP contribution in [0.15, 0.2) is 58.8 Å². The van der Waals surface area contributed by atoms with Gasteiger partial charge in [0.15, 0.2) is 11.4 Å². The van der Waals surface area contributed by atoms with Gasteiger partial charge in [-0.15, -0.1) is 34.9 Å². The number of furan rings is 1. The summed E-state index contributed by atoms with van der Waals surface area (Å²) in [6.45, 7) is 18.0. The smallest absolute Gasteiger partial charge is 0.155 e. The molecular formula is C32H36IrNO3-. The van der Waals surface area contributed by atoms with Crippen molar-refractivity contribution in [3.05, 3.63) is 88.3 Å². The predicted molar refractivity (Wildman–Crippen MR) is 148 cm³/mol. The van der Waals surface area contributed by atoms with Crippen LogP contribution in [0, 0.1) is 33.8 Å². The molecule has 197 valence electrons. The Morgan fingerprint density at radius 2 is 1.59 bits per heavy atom. The van der Waals surface area contributed by atoms with Crippen LogP contribution in [-0.4, -0.2) is 15.9 Å². The summed E-state index contributed by atoms with van der Waals surface area (Å²) in [7, 11) is 0. The maximum Gasteiger partial charge on any atom is 0.155 e. The first kappa shape index (κ1) is 30.2. The second-order valence-electron chi connectivity index (χ2n) is 10.6. The Labute approximate surface area is 234 Å². The number of aryl methyl sites for hydroxylation is 4. The first-order valence-corrected chi connectivity index (χ1v) is 12.1. The van der Waals surface area contributed by atoms with Crippen LogP contribution < -0.4 is 0 Å². The van der Waals surface area contributed by atoms with Crippen LogP contribution in [-0.2, 0) is 30.3 Å². The molecule has 0 amide bonds. The summed E-state index contributed by atoms with van der Waals surface area (Å²) in [6.07, 6.45) is 3.00. The molecule has 4 rings (SSSR count). The van der Waals surface area contributed by atoms with Crippen molar-refractivity contribution in [2.45, 2.75) is 67.7 Å². The van der Waals surface area contributed by atoms with Gasteiger partial charge in [-0.1, -0.05) is 51.5 Å². The fourth-order valence-electron chi connectivity index (χ4n) is 4.36. The number of fused-ring (bicyclic) bond motifs is 1. The molecular weight excluding hydrogens is 639 g/mol. The molecule has 0 aliphatic rings. The molecule has 4 aromatic rings. The van der Waals surface area contributed by atoms with Crippen molar-refractivity contribution in [3.8, 4) is 22.6 Å². The second kappa shape index (κ2) is 12.0. The van der Waals surface area contributed by atoms with Crippen LogP contribution in [0.2, 0.25) is 0 Å². The number of hydrogen-bond donors (Lipinski definition) is 1. The average Bonchev–Trinajstić information content (AvgIpc) is 3.14. The number of carbonyl (C=O) groups is 1. The van der Waals surface area contributed by atoms with E-state index >= 15 is 0 Å². The van der Waals surface area contributed by atoms with Crippen LogP contribution in [0.5, 0.6) is 0 Å². The molecule has 1 radical (unpaired) electrons. The molecule has 1 N–H and O–H groups in total. The quantitative estimate of drug-likeness (QED) is 0.135. The number of pyridine rings is 1. The Hall–Kier alpha value is -3.01. The Kier molecular flexibility index (Phi) is 9.82. The fourth-order valence-corrected chi connectivity index (χ4v) is 4.36. The van der Waals surface area contributed by atoms with Crippen LogP contribution in [0.1, 0.15) is 62.4 Å². The van der Waals surface area contributed by atoms with E-state index in [1.54, 1.807) is 0 Å². The molecule has 0 aliphatic carbocycles. The molecule has 4 nitrogen and oxygen atoms in total. The van der Waals surface area contributed by atoms with Gasteiger partial charge in [-0.3, -0.25) is 4.79 Å². The summed E-state index contributed by atoms with van der Waals surface area (Å²) in [4.78, 5) is 14.7. The second-order valence-corrected chi connectivity index (χ2v) is 10.6. The number of benzene rings is 2. The van der Waals surface area contributed by atoms with Gasteiger partial charge < -0.3 is 14.5 Å². The van der Waals surface area contributed by atoms with Crippen molar-refractivity contribution in [2.24, 2.45) is 0 Å². The van der Waals surface area contributed by atoms with E-state index in [4.69, 9.17) is 9.52 Å². The number of carbonyl (C=O) groups excluding carboxylic acids is 1. The number of rotatable bonds is 3. The van der Waals surface area contributed by atoms with Crippen molar-refractivity contribution in [3.63, 3.8) is 0 Å². The molecule has 5 heteroatoms. The maximum atomic E-state index is 10.0. The Bertz CT molecular complexity index is 1430. The average molecular weight is 675 g/mol. The van der Waals surface area contributed by atoms with E-state index in [2.05, 4.69) is 95.9 Å². The first-order valence-electron chi connectivity index (χ1n) is 12.1. The Morgan fingerprint density at radius 3 is 2.11 bits per heavy atom. The van der Waals surface area contributed by atoms with E-state index in [1.807, 2.05) is 6.20 Å². The van der Waals surface area contributed by atoms with Gasteiger partial charge in [-0.25, -0.2) is 0 Å². The van der Waals surface area contributed by atoms with Crippen molar-refractivity contribution in [1.82, 2.24) is 4.98 Å². The number of nitrogens with zero attached hydrogens (tertiary/aromatic N) is 1. The molecule has 0 spiro atoms. The predicted octanol–water partition coefficient (Wildman–Crippen LogP) is 8.53. The number of aliphatic hydroxyl groups is 1. The standard InChI is InChI=1S/C27H28NO.C5H8O2.Ir/c1-16-8-18(3)26(19(4)9-16)24-14-21-13-23(28-15-25(21)29-24)20-10-17(2)11-22(12-20)27(5,6)7;1-4(6)3-5(2)7;/h8-9,11-15H,1-7H3;3,6H,1-2H3;/q-1;;/b;4-3-;. The zero-order valence-corrected chi connectivity index (χ0v) is 25.6. The van der Waals surface area contributed by atoms with Crippen LogP contribution >= 0.6 is 0 Å². The summed E-state index contributed by atoms with van der Waals surface area (Å²) in [5.74, 6) is 0.838. The van der Waals surface area contributed by atoms with Gasteiger partial charge in [0.25, 0.3) is 0 Å². The molecule has 0 bridgehead atoms. The van der Waals surface area contributed by atoms with E-state index in [9.17, 15) is 4.79 Å². The van der Waals surface area contributed by atoms with Gasteiger partial charge >= 0.3 is 0 Å². The molecule has 0 saturated carbocycles. The van der Waals surface area contributed by atoms with E-state index in [0.29, 0.717) is 0 Å². The minimum absolute atomic E-state index is 0. The summed E-state index contributed by atoms with van der Waals surface area (Å²) in [6, 6.07) is 16.5. The molecule has 0 aliphatic heterocycles. The fraction of sp³-hybridized carbons (Fsp3) is 0.312. The maximum absolute atomic E-state index is 10.0. The first-order chi connectivity index (χ1) is 16.7. The third kappa shape index (κ3) is 7.74. The topological polar surface area (TPSA) is 63.3 Å². The molecule has 2 heterocycles. The minimum Gasteiger partial charge on any atom is -0.512 e. The van der Waals surface area contributed by atoms with Gasteiger partial charge in [0, 0.05) is 37.1 Å².